The maximum absolute atomic E-state index is 12.1. The van der Waals surface area contributed by atoms with Crippen LogP contribution in [0.25, 0.3) is 0 Å². The zero-order valence-corrected chi connectivity index (χ0v) is 18.7. The molecule has 0 amide bonds. The molecule has 0 fully saturated rings. The van der Waals surface area contributed by atoms with Crippen LogP contribution in [0.15, 0.2) is 18.2 Å². The van der Waals surface area contributed by atoms with Gasteiger partial charge < -0.3 is 38.2 Å². The normalized spacial score (nSPS) is 19.3. The molecular weight excluding hydrogens is 417 g/mol. The Bertz CT molecular complexity index is 672. The summed E-state index contributed by atoms with van der Waals surface area (Å²) in [6.07, 6.45) is -0.436. The van der Waals surface area contributed by atoms with Crippen LogP contribution in [0.4, 0.5) is 0 Å². The van der Waals surface area contributed by atoms with Gasteiger partial charge in [-0.25, -0.2) is 0 Å². The molecule has 3 N–H and O–H groups in total. The molecule has 5 atom stereocenters. The lowest BCUT2D eigenvalue weighted by Crippen LogP contribution is -2.26. The van der Waals surface area contributed by atoms with Crippen molar-refractivity contribution in [1.82, 2.24) is 0 Å². The van der Waals surface area contributed by atoms with Crippen molar-refractivity contribution in [2.45, 2.75) is 38.0 Å². The molecule has 1 aromatic carbocycles. The van der Waals surface area contributed by atoms with Crippen LogP contribution in [-0.2, 0) is 44.9 Å². The van der Waals surface area contributed by atoms with Crippen molar-refractivity contribution < 1.29 is 42.8 Å². The molecule has 0 aliphatic rings. The van der Waals surface area contributed by atoms with E-state index in [1.807, 2.05) is 0 Å². The van der Waals surface area contributed by atoms with Gasteiger partial charge in [0, 0.05) is 24.3 Å². The van der Waals surface area contributed by atoms with Gasteiger partial charge in [-0.2, -0.15) is 0 Å². The first-order chi connectivity index (χ1) is 12.6. The monoisotopic (exact) mass is 444 g/mol. The zero-order valence-electron chi connectivity index (χ0n) is 15.5. The van der Waals surface area contributed by atoms with E-state index in [9.17, 15) is 28.8 Å². The molecule has 5 unspecified atom stereocenters. The van der Waals surface area contributed by atoms with Gasteiger partial charge in [-0.3, -0.25) is 4.57 Å². The second-order valence-corrected chi connectivity index (χ2v) is 9.51. The molecule has 0 aliphatic heterocycles. The van der Waals surface area contributed by atoms with E-state index in [1.165, 1.54) is 18.2 Å². The molecule has 0 aliphatic carbocycles. The van der Waals surface area contributed by atoms with E-state index in [0.717, 1.165) is 0 Å². The van der Waals surface area contributed by atoms with Crippen molar-refractivity contribution in [1.29, 1.82) is 0 Å². The number of hydrogen-bond acceptors (Lipinski definition) is 8. The van der Waals surface area contributed by atoms with E-state index in [0.29, 0.717) is 0 Å². The van der Waals surface area contributed by atoms with E-state index < -0.39 is 41.7 Å². The quantitative estimate of drug-likeness (QED) is 0.327. The summed E-state index contributed by atoms with van der Waals surface area (Å²) in [7, 11) is -7.71. The van der Waals surface area contributed by atoms with Crippen molar-refractivity contribution in [2.75, 3.05) is 19.8 Å². The van der Waals surface area contributed by atoms with Crippen molar-refractivity contribution in [2.24, 2.45) is 0 Å². The highest BCUT2D eigenvalue weighted by Gasteiger charge is 2.35. The summed E-state index contributed by atoms with van der Waals surface area (Å²) in [6.45, 7) is 4.87. The van der Waals surface area contributed by atoms with Gasteiger partial charge in [0.15, 0.2) is 0 Å². The Labute approximate surface area is 160 Å². The van der Waals surface area contributed by atoms with E-state index in [-0.39, 0.29) is 36.5 Å². The lowest BCUT2D eigenvalue weighted by molar-refractivity contribution is -0.142. The largest absolute Gasteiger partial charge is 0.356 e. The fourth-order valence-corrected chi connectivity index (χ4v) is 4.70. The molecule has 0 saturated heterocycles. The first-order valence-electron chi connectivity index (χ1n) is 8.36. The zero-order chi connectivity index (χ0) is 20.7. The van der Waals surface area contributed by atoms with Crippen LogP contribution in [0, 0.1) is 0 Å². The Morgan fingerprint density at radius 1 is 0.926 bits per heavy atom. The van der Waals surface area contributed by atoms with Gasteiger partial charge in [0.1, 0.15) is 16.9 Å². The summed E-state index contributed by atoms with van der Waals surface area (Å²) < 4.78 is 50.6. The summed E-state index contributed by atoms with van der Waals surface area (Å²) in [5.74, 6) is 0. The molecule has 12 heteroatoms. The lowest BCUT2D eigenvalue weighted by Gasteiger charge is -2.28. The first kappa shape index (κ1) is 24.7. The maximum atomic E-state index is 12.1. The molecule has 27 heavy (non-hydrogen) atoms. The summed E-state index contributed by atoms with van der Waals surface area (Å²) in [6, 6.07) is 3.92. The summed E-state index contributed by atoms with van der Waals surface area (Å²) in [4.78, 5) is 9.91. The van der Waals surface area contributed by atoms with Crippen LogP contribution in [0.2, 0.25) is 0 Å². The predicted octanol–water partition coefficient (Wildman–Crippen LogP) is 2.20. The molecule has 0 saturated carbocycles. The molecular formula is C15H27O9P3. The standard InChI is InChI=1S/C15H27O9P3/c1-4-22-14(16,25-18)12-7-11(10-27(20,21)24-6-3)8-13(9-12)15(17,26-19)23-5-2/h7-9,16-17H,4-6,10,25-26H2,1-3H3,(H,20,21). The molecule has 0 spiro atoms. The summed E-state index contributed by atoms with van der Waals surface area (Å²) in [5, 5.41) is 21.1. The highest BCUT2D eigenvalue weighted by atomic mass is 31.2. The third-order valence-electron chi connectivity index (χ3n) is 3.58. The Hall–Kier alpha value is -0.330. The molecule has 1 rings (SSSR count). The van der Waals surface area contributed by atoms with E-state index in [4.69, 9.17) is 14.0 Å². The minimum absolute atomic E-state index is 0.00988. The average Bonchev–Trinajstić information content (AvgIpc) is 2.61. The second kappa shape index (κ2) is 10.4. The van der Waals surface area contributed by atoms with Gasteiger partial charge in [0.05, 0.1) is 12.8 Å². The molecule has 9 nitrogen and oxygen atoms in total. The molecule has 0 radical (unpaired) electrons. The van der Waals surface area contributed by atoms with E-state index in [2.05, 4.69) is 0 Å². The Morgan fingerprint density at radius 2 is 1.37 bits per heavy atom. The first-order valence-corrected chi connectivity index (χ1v) is 12.2. The average molecular weight is 444 g/mol. The van der Waals surface area contributed by atoms with Crippen molar-refractivity contribution in [3.05, 3.63) is 34.9 Å². The molecule has 156 valence electrons. The third kappa shape index (κ3) is 6.60. The van der Waals surface area contributed by atoms with Crippen LogP contribution in [-0.4, -0.2) is 34.9 Å². The van der Waals surface area contributed by atoms with Gasteiger partial charge in [-0.15, -0.1) is 0 Å². The summed E-state index contributed by atoms with van der Waals surface area (Å²) >= 11 is 0. The van der Waals surface area contributed by atoms with Crippen LogP contribution in [0.3, 0.4) is 0 Å². The van der Waals surface area contributed by atoms with E-state index >= 15 is 0 Å². The predicted molar refractivity (Wildman–Crippen MR) is 103 cm³/mol. The number of hydrogen-bond donors (Lipinski definition) is 3. The number of benzene rings is 1. The second-order valence-electron chi connectivity index (χ2n) is 5.63. The van der Waals surface area contributed by atoms with Crippen molar-refractivity contribution in [3.63, 3.8) is 0 Å². The highest BCUT2D eigenvalue weighted by molar-refractivity contribution is 7.51. The number of aliphatic hydroxyl groups is 2. The van der Waals surface area contributed by atoms with Crippen LogP contribution in [0.5, 0.6) is 0 Å². The molecule has 0 bridgehead atoms. The Kier molecular flexibility index (Phi) is 9.56. The molecule has 0 heterocycles. The third-order valence-corrected chi connectivity index (χ3v) is 6.65. The maximum Gasteiger partial charge on any atom is 0.332 e. The van der Waals surface area contributed by atoms with Crippen LogP contribution >= 0.6 is 24.5 Å². The fourth-order valence-electron chi connectivity index (χ4n) is 2.49. The highest BCUT2D eigenvalue weighted by Crippen LogP contribution is 2.47. The van der Waals surface area contributed by atoms with Crippen LogP contribution < -0.4 is 0 Å². The topological polar surface area (TPSA) is 140 Å². The molecule has 1 aromatic rings. The summed E-state index contributed by atoms with van der Waals surface area (Å²) in [5.41, 5.74) is -4.11. The minimum atomic E-state index is -3.99. The molecule has 0 aromatic heterocycles. The van der Waals surface area contributed by atoms with Gasteiger partial charge in [0.25, 0.3) is 0 Å². The van der Waals surface area contributed by atoms with Gasteiger partial charge in [-0.1, -0.05) is 0 Å². The van der Waals surface area contributed by atoms with E-state index in [1.54, 1.807) is 20.8 Å². The smallest absolute Gasteiger partial charge is 0.332 e. The number of ether oxygens (including phenoxy) is 2. The fraction of sp³-hybridized carbons (Fsp3) is 0.600. The van der Waals surface area contributed by atoms with Crippen molar-refractivity contribution >= 4 is 24.5 Å². The van der Waals surface area contributed by atoms with Gasteiger partial charge in [-0.05, 0) is 44.5 Å². The van der Waals surface area contributed by atoms with Crippen LogP contribution in [0.1, 0.15) is 37.5 Å². The number of rotatable bonds is 12. The minimum Gasteiger partial charge on any atom is -0.356 e. The lowest BCUT2D eigenvalue weighted by atomic mass is 10.0. The van der Waals surface area contributed by atoms with Crippen molar-refractivity contribution in [3.8, 4) is 0 Å². The van der Waals surface area contributed by atoms with Gasteiger partial charge in [0.2, 0.25) is 11.1 Å². The Balaban J connectivity index is 3.58. The van der Waals surface area contributed by atoms with Gasteiger partial charge >= 0.3 is 7.60 Å². The SMILES string of the molecule is CCOC(O)([PH2]=O)c1cc(CP(=O)(O)OCC)cc(C(O)(OCC)[PH2]=O)c1. The Morgan fingerprint density at radius 3 is 1.70 bits per heavy atom.